The maximum atomic E-state index is 12.8. The minimum absolute atomic E-state index is 0.104. The summed E-state index contributed by atoms with van der Waals surface area (Å²) in [6.07, 6.45) is 12.3. The smallest absolute Gasteiger partial charge is 0.138 e. The molecule has 33 heavy (non-hydrogen) atoms. The Morgan fingerprint density at radius 1 is 1.06 bits per heavy atom. The maximum Gasteiger partial charge on any atom is 0.138 e. The van der Waals surface area contributed by atoms with Crippen LogP contribution in [0.3, 0.4) is 0 Å². The van der Waals surface area contributed by atoms with Crippen LogP contribution in [0, 0.1) is 39.4 Å². The molecule has 4 aliphatic rings. The minimum atomic E-state index is -1.04. The molecule has 3 heteroatoms. The number of fused-ring (bicyclic) bond motifs is 5. The van der Waals surface area contributed by atoms with Crippen molar-refractivity contribution in [1.29, 1.82) is 0 Å². The fraction of sp³-hybridized carbons (Fsp3) is 0.833. The SMILES string of the molecule is C[C@H](CC[C@H](O)C(C)(C)O)C1CC[C@@]2(C)C3=CC[C@H]4C(C)(C)C(=O)CC[C@]4(C)C3=CC[C@]12C. The van der Waals surface area contributed by atoms with Crippen molar-refractivity contribution in [1.82, 2.24) is 0 Å². The average molecular weight is 457 g/mol. The quantitative estimate of drug-likeness (QED) is 0.488. The van der Waals surface area contributed by atoms with Gasteiger partial charge in [-0.05, 0) is 104 Å². The number of ketones is 1. The van der Waals surface area contributed by atoms with E-state index in [0.717, 1.165) is 25.7 Å². The van der Waals surface area contributed by atoms with E-state index in [0.29, 0.717) is 36.4 Å². The fourth-order valence-corrected chi connectivity index (χ4v) is 8.73. The van der Waals surface area contributed by atoms with Crippen molar-refractivity contribution in [3.63, 3.8) is 0 Å². The van der Waals surface area contributed by atoms with Crippen LogP contribution in [0.5, 0.6) is 0 Å². The van der Waals surface area contributed by atoms with Crippen LogP contribution in [0.1, 0.15) is 107 Å². The lowest BCUT2D eigenvalue weighted by molar-refractivity contribution is -0.138. The number of hydrogen-bond acceptors (Lipinski definition) is 3. The van der Waals surface area contributed by atoms with E-state index in [4.69, 9.17) is 0 Å². The predicted molar refractivity (Wildman–Crippen MR) is 135 cm³/mol. The number of Topliss-reactive ketones (excluding diaryl/α,β-unsaturated/α-hetero) is 1. The Labute approximate surface area is 202 Å². The van der Waals surface area contributed by atoms with E-state index in [1.54, 1.807) is 25.0 Å². The van der Waals surface area contributed by atoms with E-state index in [1.165, 1.54) is 12.8 Å². The van der Waals surface area contributed by atoms with Gasteiger partial charge < -0.3 is 10.2 Å². The summed E-state index contributed by atoms with van der Waals surface area (Å²) < 4.78 is 0. The third-order valence-corrected chi connectivity index (χ3v) is 11.5. The van der Waals surface area contributed by atoms with Crippen molar-refractivity contribution in [3.8, 4) is 0 Å². The van der Waals surface area contributed by atoms with Gasteiger partial charge in [0.2, 0.25) is 0 Å². The molecule has 0 aliphatic heterocycles. The Morgan fingerprint density at radius 3 is 2.36 bits per heavy atom. The highest BCUT2D eigenvalue weighted by molar-refractivity contribution is 5.86. The molecule has 4 aliphatic carbocycles. The molecule has 2 fully saturated rings. The first-order chi connectivity index (χ1) is 15.1. The Kier molecular flexibility index (Phi) is 5.94. The normalized spacial score (nSPS) is 41.9. The van der Waals surface area contributed by atoms with Crippen LogP contribution >= 0.6 is 0 Å². The third-order valence-electron chi connectivity index (χ3n) is 11.5. The molecule has 2 saturated carbocycles. The highest BCUT2D eigenvalue weighted by atomic mass is 16.3. The molecule has 0 amide bonds. The van der Waals surface area contributed by atoms with E-state index in [2.05, 4.69) is 53.7 Å². The average Bonchev–Trinajstić information content (AvgIpc) is 3.00. The van der Waals surface area contributed by atoms with Crippen LogP contribution in [0.2, 0.25) is 0 Å². The fourth-order valence-electron chi connectivity index (χ4n) is 8.73. The predicted octanol–water partition coefficient (Wildman–Crippen LogP) is 6.63. The molecule has 0 aromatic carbocycles. The summed E-state index contributed by atoms with van der Waals surface area (Å²) in [5.41, 5.74) is 2.36. The zero-order chi connectivity index (χ0) is 24.6. The molecule has 0 radical (unpaired) electrons. The molecule has 0 bridgehead atoms. The number of allylic oxidation sites excluding steroid dienone is 4. The molecular weight excluding hydrogens is 408 g/mol. The van der Waals surface area contributed by atoms with Crippen LogP contribution < -0.4 is 0 Å². The second kappa shape index (κ2) is 7.79. The van der Waals surface area contributed by atoms with Crippen molar-refractivity contribution < 1.29 is 15.0 Å². The molecular formula is C30H48O3. The zero-order valence-corrected chi connectivity index (χ0v) is 22.4. The second-order valence-corrected chi connectivity index (χ2v) is 13.9. The third kappa shape index (κ3) is 3.54. The summed E-state index contributed by atoms with van der Waals surface area (Å²) in [5, 5.41) is 20.5. The van der Waals surface area contributed by atoms with Crippen molar-refractivity contribution in [3.05, 3.63) is 23.3 Å². The molecule has 0 spiro atoms. The summed E-state index contributed by atoms with van der Waals surface area (Å²) in [4.78, 5) is 12.8. The van der Waals surface area contributed by atoms with Crippen LogP contribution in [0.15, 0.2) is 23.3 Å². The van der Waals surface area contributed by atoms with Crippen molar-refractivity contribution >= 4 is 5.78 Å². The van der Waals surface area contributed by atoms with Crippen molar-refractivity contribution in [2.45, 2.75) is 118 Å². The van der Waals surface area contributed by atoms with E-state index in [9.17, 15) is 15.0 Å². The number of rotatable bonds is 5. The monoisotopic (exact) mass is 456 g/mol. The molecule has 0 aromatic heterocycles. The summed E-state index contributed by atoms with van der Waals surface area (Å²) >= 11 is 0. The summed E-state index contributed by atoms with van der Waals surface area (Å²) in [7, 11) is 0. The first kappa shape index (κ1) is 25.2. The van der Waals surface area contributed by atoms with E-state index < -0.39 is 11.7 Å². The van der Waals surface area contributed by atoms with Gasteiger partial charge >= 0.3 is 0 Å². The van der Waals surface area contributed by atoms with Gasteiger partial charge in [0, 0.05) is 11.8 Å². The Morgan fingerprint density at radius 2 is 1.73 bits per heavy atom. The molecule has 7 atom stereocenters. The van der Waals surface area contributed by atoms with E-state index in [-0.39, 0.29) is 21.7 Å². The van der Waals surface area contributed by atoms with Gasteiger partial charge in [-0.15, -0.1) is 0 Å². The van der Waals surface area contributed by atoms with Crippen LogP contribution in [0.25, 0.3) is 0 Å². The van der Waals surface area contributed by atoms with Gasteiger partial charge in [0.05, 0.1) is 11.7 Å². The highest BCUT2D eigenvalue weighted by Crippen LogP contribution is 2.71. The Balaban J connectivity index is 1.62. The second-order valence-electron chi connectivity index (χ2n) is 13.9. The molecule has 2 N–H and O–H groups in total. The van der Waals surface area contributed by atoms with Gasteiger partial charge in [0.15, 0.2) is 0 Å². The minimum Gasteiger partial charge on any atom is -0.390 e. The maximum absolute atomic E-state index is 12.8. The number of carbonyl (C=O) groups is 1. The van der Waals surface area contributed by atoms with Crippen molar-refractivity contribution in [2.24, 2.45) is 39.4 Å². The zero-order valence-electron chi connectivity index (χ0n) is 22.4. The molecule has 0 saturated heterocycles. The molecule has 3 nitrogen and oxygen atoms in total. The van der Waals surface area contributed by atoms with E-state index in [1.807, 2.05) is 0 Å². The molecule has 0 aromatic rings. The number of hydrogen-bond donors (Lipinski definition) is 2. The van der Waals surface area contributed by atoms with E-state index >= 15 is 0 Å². The van der Waals surface area contributed by atoms with Gasteiger partial charge in [-0.3, -0.25) is 4.79 Å². The first-order valence-corrected chi connectivity index (χ1v) is 13.4. The summed E-state index contributed by atoms with van der Waals surface area (Å²) in [5.74, 6) is 1.97. The van der Waals surface area contributed by atoms with Gasteiger partial charge in [-0.1, -0.05) is 53.7 Å². The topological polar surface area (TPSA) is 57.5 Å². The Bertz CT molecular complexity index is 873. The summed E-state index contributed by atoms with van der Waals surface area (Å²) in [6.45, 7) is 17.6. The standard InChI is InChI=1S/C30H48O3/c1-19(9-12-25(32)27(4,5)33)20-13-17-30(8)22-10-11-23-26(2,3)24(31)15-16-28(23,6)21(22)14-18-29(20,30)7/h10,14,19-20,23,25,32-33H,9,11-13,15-18H2,1-8H3/t19-,20?,23+,25+,28-,29-,30+/m1/s1. The lowest BCUT2D eigenvalue weighted by atomic mass is 9.44. The number of aliphatic hydroxyl groups is 2. The first-order valence-electron chi connectivity index (χ1n) is 13.4. The molecule has 186 valence electrons. The number of carbonyl (C=O) groups excluding carboxylic acids is 1. The molecule has 1 unspecified atom stereocenters. The number of aliphatic hydroxyl groups excluding tert-OH is 1. The van der Waals surface area contributed by atoms with Gasteiger partial charge in [0.25, 0.3) is 0 Å². The summed E-state index contributed by atoms with van der Waals surface area (Å²) in [6, 6.07) is 0. The van der Waals surface area contributed by atoms with Crippen LogP contribution in [0.4, 0.5) is 0 Å². The van der Waals surface area contributed by atoms with Gasteiger partial charge in [0.1, 0.15) is 5.78 Å². The molecule has 4 rings (SSSR count). The van der Waals surface area contributed by atoms with Crippen molar-refractivity contribution in [2.75, 3.05) is 0 Å². The molecule has 0 heterocycles. The lowest BCUT2D eigenvalue weighted by Crippen LogP contribution is -2.53. The highest BCUT2D eigenvalue weighted by Gasteiger charge is 2.63. The largest absolute Gasteiger partial charge is 0.390 e. The Hall–Kier alpha value is -0.930. The van der Waals surface area contributed by atoms with Crippen LogP contribution in [-0.4, -0.2) is 27.7 Å². The van der Waals surface area contributed by atoms with Gasteiger partial charge in [-0.2, -0.15) is 0 Å². The van der Waals surface area contributed by atoms with Gasteiger partial charge in [-0.25, -0.2) is 0 Å². The lowest BCUT2D eigenvalue weighted by Gasteiger charge is -2.59. The van der Waals surface area contributed by atoms with Crippen LogP contribution in [-0.2, 0) is 4.79 Å².